The summed E-state index contributed by atoms with van der Waals surface area (Å²) in [7, 11) is 5.64. The molecule has 0 bridgehead atoms. The molecule has 2 aromatic rings. The number of hydrogen-bond donors (Lipinski definition) is 0. The molecule has 24 heavy (non-hydrogen) atoms. The van der Waals surface area contributed by atoms with Crippen molar-refractivity contribution in [1.82, 2.24) is 19.4 Å². The fourth-order valence-corrected chi connectivity index (χ4v) is 3.50. The van der Waals surface area contributed by atoms with Crippen molar-refractivity contribution in [2.45, 2.75) is 25.3 Å². The minimum Gasteiger partial charge on any atom is -0.345 e. The monoisotopic (exact) mass is 326 g/mol. The number of carbonyl (C=O) groups is 1. The van der Waals surface area contributed by atoms with Crippen molar-refractivity contribution < 1.29 is 4.79 Å². The van der Waals surface area contributed by atoms with Gasteiger partial charge in [0.25, 0.3) is 5.91 Å². The topological polar surface area (TPSA) is 41.4 Å². The predicted molar refractivity (Wildman–Crippen MR) is 94.9 cm³/mol. The summed E-state index contributed by atoms with van der Waals surface area (Å²) >= 11 is 0. The minimum absolute atomic E-state index is 0.0568. The van der Waals surface area contributed by atoms with E-state index in [1.165, 1.54) is 24.2 Å². The molecule has 1 fully saturated rings. The number of rotatable bonds is 4. The molecule has 2 heterocycles. The second-order valence-electron chi connectivity index (χ2n) is 6.87. The van der Waals surface area contributed by atoms with Crippen molar-refractivity contribution >= 4 is 5.91 Å². The van der Waals surface area contributed by atoms with Gasteiger partial charge in [-0.2, -0.15) is 0 Å². The lowest BCUT2D eigenvalue weighted by Crippen LogP contribution is -2.34. The van der Waals surface area contributed by atoms with Crippen molar-refractivity contribution in [1.29, 1.82) is 0 Å². The van der Waals surface area contributed by atoms with E-state index in [4.69, 9.17) is 0 Å². The average molecular weight is 326 g/mol. The van der Waals surface area contributed by atoms with Gasteiger partial charge in [-0.3, -0.25) is 9.69 Å². The third-order valence-corrected chi connectivity index (χ3v) is 4.72. The molecular weight excluding hydrogens is 300 g/mol. The van der Waals surface area contributed by atoms with Crippen LogP contribution in [0, 0.1) is 0 Å². The van der Waals surface area contributed by atoms with E-state index < -0.39 is 0 Å². The zero-order valence-electron chi connectivity index (χ0n) is 14.8. The van der Waals surface area contributed by atoms with Crippen LogP contribution in [-0.2, 0) is 13.6 Å². The number of amides is 1. The van der Waals surface area contributed by atoms with E-state index in [2.05, 4.69) is 27.6 Å². The number of hydrogen-bond acceptors (Lipinski definition) is 3. The van der Waals surface area contributed by atoms with Gasteiger partial charge >= 0.3 is 0 Å². The molecule has 5 nitrogen and oxygen atoms in total. The Balaban J connectivity index is 1.69. The Kier molecular flexibility index (Phi) is 5.00. The first-order valence-corrected chi connectivity index (χ1v) is 8.55. The molecule has 5 heteroatoms. The lowest BCUT2D eigenvalue weighted by Gasteiger charge is -2.32. The Bertz CT molecular complexity index is 707. The van der Waals surface area contributed by atoms with Crippen molar-refractivity contribution in [3.63, 3.8) is 0 Å². The van der Waals surface area contributed by atoms with Crippen molar-refractivity contribution in [2.75, 3.05) is 27.2 Å². The fraction of sp³-hybridized carbons (Fsp3) is 0.474. The predicted octanol–water partition coefficient (Wildman–Crippen LogP) is 2.50. The summed E-state index contributed by atoms with van der Waals surface area (Å²) in [5, 5.41) is 0. The third kappa shape index (κ3) is 3.67. The van der Waals surface area contributed by atoms with Crippen LogP contribution in [0.15, 0.2) is 36.7 Å². The first kappa shape index (κ1) is 16.7. The van der Waals surface area contributed by atoms with Gasteiger partial charge in [-0.15, -0.1) is 0 Å². The van der Waals surface area contributed by atoms with Gasteiger partial charge in [0.15, 0.2) is 0 Å². The Morgan fingerprint density at radius 2 is 2.21 bits per heavy atom. The van der Waals surface area contributed by atoms with E-state index in [9.17, 15) is 4.79 Å². The van der Waals surface area contributed by atoms with E-state index in [0.29, 0.717) is 5.92 Å². The molecule has 0 saturated carbocycles. The van der Waals surface area contributed by atoms with Gasteiger partial charge in [0.1, 0.15) is 5.82 Å². The highest BCUT2D eigenvalue weighted by atomic mass is 16.2. The molecule has 1 aliphatic heterocycles. The van der Waals surface area contributed by atoms with Crippen LogP contribution in [0.5, 0.6) is 0 Å². The van der Waals surface area contributed by atoms with E-state index in [1.807, 2.05) is 30.6 Å². The van der Waals surface area contributed by atoms with E-state index in [0.717, 1.165) is 25.2 Å². The second-order valence-corrected chi connectivity index (χ2v) is 6.87. The van der Waals surface area contributed by atoms with Gasteiger partial charge in [0.2, 0.25) is 0 Å². The summed E-state index contributed by atoms with van der Waals surface area (Å²) < 4.78 is 2.13. The molecule has 1 amide bonds. The Labute approximate surface area is 143 Å². The van der Waals surface area contributed by atoms with Crippen molar-refractivity contribution in [3.05, 3.63) is 53.6 Å². The smallest absolute Gasteiger partial charge is 0.253 e. The van der Waals surface area contributed by atoms with Gasteiger partial charge in [-0.25, -0.2) is 4.98 Å². The SMILES string of the molecule is CN(C)C(=O)c1cccc(CN2CCCC(c3nccn3C)C2)c1. The largest absolute Gasteiger partial charge is 0.345 e. The second kappa shape index (κ2) is 7.18. The van der Waals surface area contributed by atoms with E-state index in [-0.39, 0.29) is 5.91 Å². The maximum absolute atomic E-state index is 12.1. The summed E-state index contributed by atoms with van der Waals surface area (Å²) in [4.78, 5) is 20.8. The molecular formula is C19H26N4O. The summed E-state index contributed by atoms with van der Waals surface area (Å²) in [6.45, 7) is 3.01. The molecule has 0 N–H and O–H groups in total. The van der Waals surface area contributed by atoms with Gasteiger partial charge in [0, 0.05) is 58.1 Å². The summed E-state index contributed by atoms with van der Waals surface area (Å²) in [6.07, 6.45) is 6.28. The highest BCUT2D eigenvalue weighted by Gasteiger charge is 2.24. The normalized spacial score (nSPS) is 18.5. The van der Waals surface area contributed by atoms with Crippen LogP contribution in [-0.4, -0.2) is 52.4 Å². The molecule has 1 atom stereocenters. The van der Waals surface area contributed by atoms with Crippen LogP contribution < -0.4 is 0 Å². The number of aromatic nitrogens is 2. The van der Waals surface area contributed by atoms with E-state index in [1.54, 1.807) is 19.0 Å². The maximum Gasteiger partial charge on any atom is 0.253 e. The number of likely N-dealkylation sites (tertiary alicyclic amines) is 1. The summed E-state index contributed by atoms with van der Waals surface area (Å²) in [5.74, 6) is 1.72. The Morgan fingerprint density at radius 1 is 1.38 bits per heavy atom. The van der Waals surface area contributed by atoms with Crippen molar-refractivity contribution in [2.24, 2.45) is 7.05 Å². The van der Waals surface area contributed by atoms with Gasteiger partial charge in [-0.1, -0.05) is 12.1 Å². The first-order chi connectivity index (χ1) is 11.5. The standard InChI is InChI=1S/C19H26N4O/c1-21(2)19(24)16-7-4-6-15(12-16)13-23-10-5-8-17(14-23)18-20-9-11-22(18)3/h4,6-7,9,11-12,17H,5,8,10,13-14H2,1-3H3. The Hall–Kier alpha value is -2.14. The maximum atomic E-state index is 12.1. The molecule has 1 aliphatic rings. The summed E-state index contributed by atoms with van der Waals surface area (Å²) in [5.41, 5.74) is 1.96. The fourth-order valence-electron chi connectivity index (χ4n) is 3.50. The molecule has 1 saturated heterocycles. The average Bonchev–Trinajstić information content (AvgIpc) is 3.00. The highest BCUT2D eigenvalue weighted by molar-refractivity contribution is 5.94. The minimum atomic E-state index is 0.0568. The van der Waals surface area contributed by atoms with Gasteiger partial charge in [0.05, 0.1) is 0 Å². The lowest BCUT2D eigenvalue weighted by atomic mass is 9.96. The number of nitrogens with zero attached hydrogens (tertiary/aromatic N) is 4. The first-order valence-electron chi connectivity index (χ1n) is 8.55. The quantitative estimate of drug-likeness (QED) is 0.867. The zero-order valence-corrected chi connectivity index (χ0v) is 14.8. The molecule has 3 rings (SSSR count). The number of benzene rings is 1. The van der Waals surface area contributed by atoms with Crippen LogP contribution in [0.25, 0.3) is 0 Å². The number of imidazole rings is 1. The third-order valence-electron chi connectivity index (χ3n) is 4.72. The van der Waals surface area contributed by atoms with Crippen LogP contribution in [0.3, 0.4) is 0 Å². The number of carbonyl (C=O) groups excluding carboxylic acids is 1. The molecule has 0 radical (unpaired) electrons. The number of piperidine rings is 1. The van der Waals surface area contributed by atoms with Gasteiger partial charge < -0.3 is 9.47 Å². The highest BCUT2D eigenvalue weighted by Crippen LogP contribution is 2.26. The zero-order chi connectivity index (χ0) is 17.1. The summed E-state index contributed by atoms with van der Waals surface area (Å²) in [6, 6.07) is 7.99. The van der Waals surface area contributed by atoms with Gasteiger partial charge in [-0.05, 0) is 37.1 Å². The molecule has 0 aliphatic carbocycles. The Morgan fingerprint density at radius 3 is 2.92 bits per heavy atom. The van der Waals surface area contributed by atoms with Crippen LogP contribution >= 0.6 is 0 Å². The van der Waals surface area contributed by atoms with Crippen LogP contribution in [0.4, 0.5) is 0 Å². The van der Waals surface area contributed by atoms with Crippen molar-refractivity contribution in [3.8, 4) is 0 Å². The number of aryl methyl sites for hydroxylation is 1. The molecule has 1 aromatic heterocycles. The van der Waals surface area contributed by atoms with E-state index >= 15 is 0 Å². The molecule has 128 valence electrons. The van der Waals surface area contributed by atoms with Crippen LogP contribution in [0.1, 0.15) is 40.5 Å². The lowest BCUT2D eigenvalue weighted by molar-refractivity contribution is 0.0827. The molecule has 0 spiro atoms. The molecule has 1 aromatic carbocycles. The van der Waals surface area contributed by atoms with Crippen LogP contribution in [0.2, 0.25) is 0 Å². The molecule has 1 unspecified atom stereocenters.